The van der Waals surface area contributed by atoms with Crippen molar-refractivity contribution in [3.63, 3.8) is 0 Å². The average molecular weight is 181 g/mol. The van der Waals surface area contributed by atoms with Crippen molar-refractivity contribution >= 4 is 5.91 Å². The summed E-state index contributed by atoms with van der Waals surface area (Å²) in [5.41, 5.74) is 0. The van der Waals surface area contributed by atoms with Gasteiger partial charge in [0, 0.05) is 13.0 Å². The summed E-state index contributed by atoms with van der Waals surface area (Å²) in [6.45, 7) is 3.75. The van der Waals surface area contributed by atoms with Gasteiger partial charge in [-0.3, -0.25) is 4.79 Å². The van der Waals surface area contributed by atoms with Crippen LogP contribution in [0.15, 0.2) is 4.52 Å². The molecule has 2 rings (SSSR count). The van der Waals surface area contributed by atoms with Gasteiger partial charge in [0.05, 0.1) is 0 Å². The first kappa shape index (κ1) is 8.22. The number of carbonyl (C=O) groups is 1. The largest absolute Gasteiger partial charge is 0.346 e. The summed E-state index contributed by atoms with van der Waals surface area (Å²) in [5, 5.41) is 6.33. The maximum atomic E-state index is 11.4. The Labute approximate surface area is 75.5 Å². The van der Waals surface area contributed by atoms with Gasteiger partial charge in [0.25, 0.3) is 11.7 Å². The zero-order valence-electron chi connectivity index (χ0n) is 7.57. The maximum absolute atomic E-state index is 11.4. The molecule has 70 valence electrons. The van der Waals surface area contributed by atoms with E-state index in [0.29, 0.717) is 17.9 Å². The van der Waals surface area contributed by atoms with Crippen LogP contribution in [-0.2, 0) is 0 Å². The number of rotatable bonds is 2. The minimum absolute atomic E-state index is 0.122. The minimum Gasteiger partial charge on any atom is -0.346 e. The third kappa shape index (κ3) is 1.68. The highest BCUT2D eigenvalue weighted by atomic mass is 16.5. The summed E-state index contributed by atoms with van der Waals surface area (Å²) in [6, 6.07) is 0.298. The van der Waals surface area contributed by atoms with Gasteiger partial charge in [0.15, 0.2) is 0 Å². The normalized spacial score (nSPS) is 25.7. The fourth-order valence-electron chi connectivity index (χ4n) is 1.15. The van der Waals surface area contributed by atoms with E-state index in [1.54, 1.807) is 6.92 Å². The third-order valence-electron chi connectivity index (χ3n) is 2.16. The summed E-state index contributed by atoms with van der Waals surface area (Å²) in [6.07, 6.45) is 1.04. The van der Waals surface area contributed by atoms with Crippen molar-refractivity contribution in [3.8, 4) is 0 Å². The molecule has 1 N–H and O–H groups in total. The Morgan fingerprint density at radius 1 is 1.69 bits per heavy atom. The summed E-state index contributed by atoms with van der Waals surface area (Å²) < 4.78 is 4.69. The number of nitrogens with one attached hydrogen (secondary N) is 1. The second-order valence-corrected chi connectivity index (χ2v) is 3.43. The van der Waals surface area contributed by atoms with E-state index in [-0.39, 0.29) is 11.7 Å². The molecule has 1 fully saturated rings. The Bertz CT molecular complexity index is 334. The molecule has 0 saturated heterocycles. The second kappa shape index (κ2) is 2.83. The number of hydrogen-bond acceptors (Lipinski definition) is 4. The van der Waals surface area contributed by atoms with Crippen LogP contribution in [0.3, 0.4) is 0 Å². The molecule has 1 aromatic heterocycles. The fourth-order valence-corrected chi connectivity index (χ4v) is 1.15. The molecule has 0 spiro atoms. The van der Waals surface area contributed by atoms with Crippen LogP contribution in [0.5, 0.6) is 0 Å². The van der Waals surface area contributed by atoms with Gasteiger partial charge < -0.3 is 9.84 Å². The number of aryl methyl sites for hydroxylation is 1. The Balaban J connectivity index is 1.97. The quantitative estimate of drug-likeness (QED) is 0.722. The molecule has 5 heteroatoms. The van der Waals surface area contributed by atoms with Gasteiger partial charge in [-0.1, -0.05) is 12.1 Å². The van der Waals surface area contributed by atoms with E-state index in [1.807, 2.05) is 0 Å². The highest BCUT2D eigenvalue weighted by molar-refractivity contribution is 5.90. The second-order valence-electron chi connectivity index (χ2n) is 3.43. The molecule has 0 aliphatic heterocycles. The predicted molar refractivity (Wildman–Crippen MR) is 44.1 cm³/mol. The first-order valence-electron chi connectivity index (χ1n) is 4.28. The molecule has 0 aromatic carbocycles. The molecule has 1 heterocycles. The molecule has 5 nitrogen and oxygen atoms in total. The maximum Gasteiger partial charge on any atom is 0.292 e. The lowest BCUT2D eigenvalue weighted by Crippen LogP contribution is -2.27. The zero-order chi connectivity index (χ0) is 9.42. The Hall–Kier alpha value is -1.39. The number of hydrogen-bond donors (Lipinski definition) is 1. The van der Waals surface area contributed by atoms with Gasteiger partial charge in [0.1, 0.15) is 0 Å². The summed E-state index contributed by atoms with van der Waals surface area (Å²) in [4.78, 5) is 15.2. The molecule has 1 saturated carbocycles. The molecular weight excluding hydrogens is 170 g/mol. The molecule has 0 radical (unpaired) electrons. The first-order valence-corrected chi connectivity index (χ1v) is 4.28. The topological polar surface area (TPSA) is 68.0 Å². The van der Waals surface area contributed by atoms with Crippen molar-refractivity contribution < 1.29 is 9.32 Å². The van der Waals surface area contributed by atoms with Crippen LogP contribution in [0.1, 0.15) is 29.9 Å². The van der Waals surface area contributed by atoms with Gasteiger partial charge in [0.2, 0.25) is 5.89 Å². The lowest BCUT2D eigenvalue weighted by Gasteiger charge is -1.97. The van der Waals surface area contributed by atoms with Crippen molar-refractivity contribution in [2.24, 2.45) is 5.92 Å². The van der Waals surface area contributed by atoms with Crippen molar-refractivity contribution in [2.45, 2.75) is 26.3 Å². The van der Waals surface area contributed by atoms with Crippen LogP contribution < -0.4 is 5.32 Å². The molecule has 0 bridgehead atoms. The number of nitrogens with zero attached hydrogens (tertiary/aromatic N) is 2. The van der Waals surface area contributed by atoms with Gasteiger partial charge in [-0.25, -0.2) is 0 Å². The monoisotopic (exact) mass is 181 g/mol. The van der Waals surface area contributed by atoms with E-state index in [0.717, 1.165) is 6.42 Å². The van der Waals surface area contributed by atoms with Crippen LogP contribution in [0.2, 0.25) is 0 Å². The standard InChI is InChI=1S/C8H11N3O2/c1-4-3-6(4)10-8(12)7-9-5(2)13-11-7/h4,6H,3H2,1-2H3,(H,10,12). The lowest BCUT2D eigenvalue weighted by atomic mass is 10.4. The predicted octanol–water partition coefficient (Wildman–Crippen LogP) is 0.516. The first-order chi connectivity index (χ1) is 6.16. The SMILES string of the molecule is Cc1nc(C(=O)NC2CC2C)no1. The van der Waals surface area contributed by atoms with Crippen LogP contribution in [0.4, 0.5) is 0 Å². The van der Waals surface area contributed by atoms with Crippen molar-refractivity contribution in [1.82, 2.24) is 15.5 Å². The molecule has 1 aliphatic rings. The van der Waals surface area contributed by atoms with E-state index in [9.17, 15) is 4.79 Å². The van der Waals surface area contributed by atoms with Gasteiger partial charge in [-0.05, 0) is 12.3 Å². The van der Waals surface area contributed by atoms with Gasteiger partial charge >= 0.3 is 0 Å². The highest BCUT2D eigenvalue weighted by Gasteiger charge is 2.34. The van der Waals surface area contributed by atoms with E-state index >= 15 is 0 Å². The van der Waals surface area contributed by atoms with Crippen LogP contribution in [-0.4, -0.2) is 22.1 Å². The summed E-state index contributed by atoms with van der Waals surface area (Å²) in [7, 11) is 0. The Kier molecular flexibility index (Phi) is 1.79. The van der Waals surface area contributed by atoms with Crippen LogP contribution >= 0.6 is 0 Å². The van der Waals surface area contributed by atoms with E-state index in [2.05, 4.69) is 22.4 Å². The van der Waals surface area contributed by atoms with Crippen molar-refractivity contribution in [2.75, 3.05) is 0 Å². The van der Waals surface area contributed by atoms with E-state index in [1.165, 1.54) is 0 Å². The fraction of sp³-hybridized carbons (Fsp3) is 0.625. The Morgan fingerprint density at radius 3 is 2.85 bits per heavy atom. The number of amides is 1. The smallest absolute Gasteiger partial charge is 0.292 e. The van der Waals surface area contributed by atoms with Gasteiger partial charge in [-0.15, -0.1) is 0 Å². The van der Waals surface area contributed by atoms with Crippen LogP contribution in [0, 0.1) is 12.8 Å². The highest BCUT2D eigenvalue weighted by Crippen LogP contribution is 2.28. The molecule has 13 heavy (non-hydrogen) atoms. The minimum atomic E-state index is -0.244. The molecule has 1 amide bonds. The summed E-state index contributed by atoms with van der Waals surface area (Å²) in [5.74, 6) is 0.869. The lowest BCUT2D eigenvalue weighted by molar-refractivity contribution is 0.0936. The van der Waals surface area contributed by atoms with Crippen LogP contribution in [0.25, 0.3) is 0 Å². The van der Waals surface area contributed by atoms with E-state index < -0.39 is 0 Å². The summed E-state index contributed by atoms with van der Waals surface area (Å²) >= 11 is 0. The third-order valence-corrected chi connectivity index (χ3v) is 2.16. The zero-order valence-corrected chi connectivity index (χ0v) is 7.57. The van der Waals surface area contributed by atoms with E-state index in [4.69, 9.17) is 4.52 Å². The average Bonchev–Trinajstić information content (AvgIpc) is 2.62. The van der Waals surface area contributed by atoms with Gasteiger partial charge in [-0.2, -0.15) is 4.98 Å². The van der Waals surface area contributed by atoms with Crippen molar-refractivity contribution in [3.05, 3.63) is 11.7 Å². The molecule has 2 atom stereocenters. The molecular formula is C8H11N3O2. The molecule has 1 aromatic rings. The molecule has 2 unspecified atom stereocenters. The number of carbonyl (C=O) groups excluding carboxylic acids is 1. The van der Waals surface area contributed by atoms with Crippen molar-refractivity contribution in [1.29, 1.82) is 0 Å². The Morgan fingerprint density at radius 2 is 2.38 bits per heavy atom. The number of aromatic nitrogens is 2. The molecule has 1 aliphatic carbocycles.